The van der Waals surface area contributed by atoms with E-state index >= 15 is 0 Å². The molecule has 7 heteroatoms. The molecule has 2 heterocycles. The minimum Gasteiger partial charge on any atom is -0.457 e. The highest BCUT2D eigenvalue weighted by atomic mass is 16.5. The summed E-state index contributed by atoms with van der Waals surface area (Å²) in [6, 6.07) is 11.8. The van der Waals surface area contributed by atoms with Crippen molar-refractivity contribution in [1.29, 1.82) is 0 Å². The molecule has 3 amide bonds. The summed E-state index contributed by atoms with van der Waals surface area (Å²) >= 11 is 0. The minimum absolute atomic E-state index is 0.0833. The first kappa shape index (κ1) is 18.2. The van der Waals surface area contributed by atoms with Gasteiger partial charge < -0.3 is 14.8 Å². The molecular formula is C21H20N2O5. The maximum atomic E-state index is 12.7. The fraction of sp³-hybridized carbons (Fsp3) is 0.286. The second kappa shape index (κ2) is 7.44. The van der Waals surface area contributed by atoms with Gasteiger partial charge in [-0.25, -0.2) is 0 Å². The zero-order chi connectivity index (χ0) is 19.7. The first-order valence-corrected chi connectivity index (χ1v) is 9.18. The van der Waals surface area contributed by atoms with Crippen molar-refractivity contribution in [2.75, 3.05) is 18.5 Å². The van der Waals surface area contributed by atoms with E-state index in [1.54, 1.807) is 42.5 Å². The van der Waals surface area contributed by atoms with E-state index < -0.39 is 0 Å². The van der Waals surface area contributed by atoms with Crippen LogP contribution in [0.5, 0.6) is 11.5 Å². The predicted octanol–water partition coefficient (Wildman–Crippen LogP) is 3.21. The standard InChI is InChI=1S/C21H20N2O5/c1-13(24)22-14-4-6-15(7-5-14)28-16-8-9-18-19(11-16)21(26)23(20(18)25)12-17-3-2-10-27-17/h4-9,11,17H,2-3,10,12H2,1H3,(H,22,24)/t17-/m1/s1. The summed E-state index contributed by atoms with van der Waals surface area (Å²) < 4.78 is 11.3. The largest absolute Gasteiger partial charge is 0.457 e. The number of carbonyl (C=O) groups excluding carboxylic acids is 3. The summed E-state index contributed by atoms with van der Waals surface area (Å²) in [5.41, 5.74) is 1.39. The number of fused-ring (bicyclic) bond motifs is 1. The van der Waals surface area contributed by atoms with Gasteiger partial charge in [-0.3, -0.25) is 19.3 Å². The van der Waals surface area contributed by atoms with Gasteiger partial charge in [0.05, 0.1) is 23.8 Å². The van der Waals surface area contributed by atoms with Crippen molar-refractivity contribution in [2.24, 2.45) is 0 Å². The van der Waals surface area contributed by atoms with Crippen LogP contribution >= 0.6 is 0 Å². The summed E-state index contributed by atoms with van der Waals surface area (Å²) in [4.78, 5) is 37.6. The van der Waals surface area contributed by atoms with Crippen molar-refractivity contribution in [3.8, 4) is 11.5 Å². The molecule has 0 aromatic heterocycles. The molecule has 2 aromatic rings. The highest BCUT2D eigenvalue weighted by Gasteiger charge is 2.37. The van der Waals surface area contributed by atoms with Crippen LogP contribution in [-0.2, 0) is 9.53 Å². The topological polar surface area (TPSA) is 84.9 Å². The van der Waals surface area contributed by atoms with Crippen molar-refractivity contribution in [1.82, 2.24) is 4.90 Å². The lowest BCUT2D eigenvalue weighted by Gasteiger charge is -2.17. The quantitative estimate of drug-likeness (QED) is 0.805. The monoisotopic (exact) mass is 380 g/mol. The van der Waals surface area contributed by atoms with Gasteiger partial charge >= 0.3 is 0 Å². The maximum absolute atomic E-state index is 12.7. The smallest absolute Gasteiger partial charge is 0.261 e. The molecule has 144 valence electrons. The average Bonchev–Trinajstić information content (AvgIpc) is 3.26. The number of amides is 3. The number of rotatable bonds is 5. The molecule has 28 heavy (non-hydrogen) atoms. The number of benzene rings is 2. The Morgan fingerprint density at radius 3 is 2.50 bits per heavy atom. The molecule has 2 aliphatic rings. The Balaban J connectivity index is 1.49. The van der Waals surface area contributed by atoms with E-state index in [1.807, 2.05) is 0 Å². The Bertz CT molecular complexity index is 932. The number of imide groups is 1. The molecule has 7 nitrogen and oxygen atoms in total. The molecule has 1 atom stereocenters. The fourth-order valence-corrected chi connectivity index (χ4v) is 3.44. The minimum atomic E-state index is -0.318. The molecule has 0 saturated carbocycles. The molecule has 2 aromatic carbocycles. The molecule has 0 radical (unpaired) electrons. The summed E-state index contributed by atoms with van der Waals surface area (Å²) in [6.07, 6.45) is 1.73. The zero-order valence-electron chi connectivity index (χ0n) is 15.4. The van der Waals surface area contributed by atoms with Crippen LogP contribution in [0.1, 0.15) is 40.5 Å². The Morgan fingerprint density at radius 1 is 1.11 bits per heavy atom. The molecule has 1 saturated heterocycles. The van der Waals surface area contributed by atoms with E-state index in [4.69, 9.17) is 9.47 Å². The second-order valence-electron chi connectivity index (χ2n) is 6.87. The van der Waals surface area contributed by atoms with Gasteiger partial charge in [-0.05, 0) is 55.3 Å². The van der Waals surface area contributed by atoms with Crippen LogP contribution in [0.15, 0.2) is 42.5 Å². The van der Waals surface area contributed by atoms with E-state index in [1.165, 1.54) is 11.8 Å². The second-order valence-corrected chi connectivity index (χ2v) is 6.87. The van der Waals surface area contributed by atoms with Crippen LogP contribution in [-0.4, -0.2) is 41.9 Å². The molecule has 0 bridgehead atoms. The first-order chi connectivity index (χ1) is 13.5. The van der Waals surface area contributed by atoms with Crippen LogP contribution in [0.2, 0.25) is 0 Å². The maximum Gasteiger partial charge on any atom is 0.261 e. The van der Waals surface area contributed by atoms with Crippen molar-refractivity contribution in [3.05, 3.63) is 53.6 Å². The predicted molar refractivity (Wildman–Crippen MR) is 102 cm³/mol. The van der Waals surface area contributed by atoms with Gasteiger partial charge in [0.1, 0.15) is 11.5 Å². The van der Waals surface area contributed by atoms with Gasteiger partial charge in [0.25, 0.3) is 11.8 Å². The van der Waals surface area contributed by atoms with Crippen molar-refractivity contribution in [2.45, 2.75) is 25.9 Å². The number of anilines is 1. The van der Waals surface area contributed by atoms with Crippen molar-refractivity contribution < 1.29 is 23.9 Å². The Hall–Kier alpha value is -3.19. The number of hydrogen-bond donors (Lipinski definition) is 1. The number of hydrogen-bond acceptors (Lipinski definition) is 5. The lowest BCUT2D eigenvalue weighted by molar-refractivity contribution is -0.114. The third kappa shape index (κ3) is 3.61. The summed E-state index contributed by atoms with van der Waals surface area (Å²) in [6.45, 7) is 2.40. The number of carbonyl (C=O) groups is 3. The van der Waals surface area contributed by atoms with Gasteiger partial charge in [0.2, 0.25) is 5.91 Å². The van der Waals surface area contributed by atoms with Gasteiger partial charge in [-0.2, -0.15) is 0 Å². The van der Waals surface area contributed by atoms with E-state index in [0.29, 0.717) is 34.9 Å². The number of nitrogens with one attached hydrogen (secondary N) is 1. The van der Waals surface area contributed by atoms with Crippen LogP contribution < -0.4 is 10.1 Å². The van der Waals surface area contributed by atoms with Crippen LogP contribution in [0.25, 0.3) is 0 Å². The van der Waals surface area contributed by atoms with Crippen LogP contribution in [0.3, 0.4) is 0 Å². The van der Waals surface area contributed by atoms with E-state index in [2.05, 4.69) is 5.32 Å². The van der Waals surface area contributed by atoms with E-state index in [9.17, 15) is 14.4 Å². The molecule has 1 N–H and O–H groups in total. The Labute approximate surface area is 162 Å². The highest BCUT2D eigenvalue weighted by Crippen LogP contribution is 2.30. The Kier molecular flexibility index (Phi) is 4.83. The van der Waals surface area contributed by atoms with Crippen LogP contribution in [0.4, 0.5) is 5.69 Å². The SMILES string of the molecule is CC(=O)Nc1ccc(Oc2ccc3c(c2)C(=O)N(C[C@H]2CCCO2)C3=O)cc1. The van der Waals surface area contributed by atoms with Gasteiger partial charge in [-0.15, -0.1) is 0 Å². The molecular weight excluding hydrogens is 360 g/mol. The van der Waals surface area contributed by atoms with Gasteiger partial charge in [-0.1, -0.05) is 0 Å². The van der Waals surface area contributed by atoms with Gasteiger partial charge in [0, 0.05) is 19.2 Å². The third-order valence-corrected chi connectivity index (χ3v) is 4.76. The van der Waals surface area contributed by atoms with E-state index in [0.717, 1.165) is 12.8 Å². The average molecular weight is 380 g/mol. The van der Waals surface area contributed by atoms with E-state index in [-0.39, 0.29) is 30.4 Å². The van der Waals surface area contributed by atoms with Crippen molar-refractivity contribution in [3.63, 3.8) is 0 Å². The molecule has 0 spiro atoms. The highest BCUT2D eigenvalue weighted by molar-refractivity contribution is 6.21. The zero-order valence-corrected chi connectivity index (χ0v) is 15.4. The normalized spacial score (nSPS) is 18.3. The summed E-state index contributed by atoms with van der Waals surface area (Å²) in [7, 11) is 0. The fourth-order valence-electron chi connectivity index (χ4n) is 3.44. The molecule has 0 aliphatic carbocycles. The van der Waals surface area contributed by atoms with Crippen molar-refractivity contribution >= 4 is 23.4 Å². The Morgan fingerprint density at radius 2 is 1.82 bits per heavy atom. The lowest BCUT2D eigenvalue weighted by atomic mass is 10.1. The van der Waals surface area contributed by atoms with Crippen LogP contribution in [0, 0.1) is 0 Å². The molecule has 0 unspecified atom stereocenters. The molecule has 1 fully saturated rings. The van der Waals surface area contributed by atoms with Gasteiger partial charge in [0.15, 0.2) is 0 Å². The number of nitrogens with zero attached hydrogens (tertiary/aromatic N) is 1. The molecule has 4 rings (SSSR count). The lowest BCUT2D eigenvalue weighted by Crippen LogP contribution is -2.36. The first-order valence-electron chi connectivity index (χ1n) is 9.18. The molecule has 2 aliphatic heterocycles. The summed E-state index contributed by atoms with van der Waals surface area (Å²) in [5.74, 6) is 0.264. The summed E-state index contributed by atoms with van der Waals surface area (Å²) in [5, 5.41) is 2.68. The third-order valence-electron chi connectivity index (χ3n) is 4.76. The number of ether oxygens (including phenoxy) is 2.